The third-order valence-corrected chi connectivity index (χ3v) is 4.51. The first-order valence-electron chi connectivity index (χ1n) is 7.96. The third-order valence-electron chi connectivity index (χ3n) is 4.51. The molecule has 9 nitrogen and oxygen atoms in total. The predicted octanol–water partition coefficient (Wildman–Crippen LogP) is 0.760. The zero-order chi connectivity index (χ0) is 16.1. The Bertz CT molecular complexity index is 880. The van der Waals surface area contributed by atoms with E-state index in [4.69, 9.17) is 15.5 Å². The van der Waals surface area contributed by atoms with Gasteiger partial charge in [0.25, 0.3) is 0 Å². The molecule has 2 bridgehead atoms. The fraction of sp³-hybridized carbons (Fsp3) is 0.400. The van der Waals surface area contributed by atoms with Crippen LogP contribution in [0.25, 0.3) is 22.6 Å². The largest absolute Gasteiger partial charge is 0.382 e. The molecule has 2 unspecified atom stereocenters. The van der Waals surface area contributed by atoms with Crippen LogP contribution in [0.3, 0.4) is 0 Å². The van der Waals surface area contributed by atoms with Crippen LogP contribution in [-0.4, -0.2) is 55.2 Å². The van der Waals surface area contributed by atoms with Gasteiger partial charge in [-0.15, -0.1) is 0 Å². The molecule has 2 aliphatic rings. The van der Waals surface area contributed by atoms with Gasteiger partial charge in [-0.1, -0.05) is 0 Å². The van der Waals surface area contributed by atoms with E-state index in [0.717, 1.165) is 25.9 Å². The Hall–Kier alpha value is -2.81. The lowest BCUT2D eigenvalue weighted by Gasteiger charge is -2.32. The summed E-state index contributed by atoms with van der Waals surface area (Å²) < 4.78 is 5.90. The van der Waals surface area contributed by atoms with Gasteiger partial charge in [-0.2, -0.15) is 4.98 Å². The van der Waals surface area contributed by atoms with Crippen molar-refractivity contribution in [3.63, 3.8) is 0 Å². The summed E-state index contributed by atoms with van der Waals surface area (Å²) >= 11 is 0. The van der Waals surface area contributed by atoms with Gasteiger partial charge in [0.15, 0.2) is 5.65 Å². The molecule has 2 atom stereocenters. The van der Waals surface area contributed by atoms with Crippen molar-refractivity contribution in [1.29, 1.82) is 0 Å². The van der Waals surface area contributed by atoms with Crippen LogP contribution in [0.15, 0.2) is 18.7 Å². The van der Waals surface area contributed by atoms with E-state index in [1.54, 1.807) is 12.5 Å². The average Bonchev–Trinajstić information content (AvgIpc) is 3.20. The molecule has 5 heterocycles. The number of H-pyrrole nitrogens is 1. The first kappa shape index (κ1) is 13.6. The molecule has 0 spiro atoms. The number of anilines is 2. The van der Waals surface area contributed by atoms with E-state index in [0.29, 0.717) is 34.3 Å². The first-order chi connectivity index (χ1) is 11.8. The smallest absolute Gasteiger partial charge is 0.228 e. The molecule has 2 fully saturated rings. The molecule has 0 aliphatic carbocycles. The number of nitrogens with one attached hydrogen (secondary N) is 1. The second-order valence-corrected chi connectivity index (χ2v) is 6.16. The predicted molar refractivity (Wildman–Crippen MR) is 87.2 cm³/mol. The Morgan fingerprint density at radius 2 is 1.92 bits per heavy atom. The van der Waals surface area contributed by atoms with Gasteiger partial charge in [0.1, 0.15) is 22.7 Å². The maximum absolute atomic E-state index is 5.90. The van der Waals surface area contributed by atoms with Gasteiger partial charge in [-0.25, -0.2) is 19.9 Å². The minimum atomic E-state index is 0.268. The zero-order valence-corrected chi connectivity index (χ0v) is 12.9. The maximum atomic E-state index is 5.90. The first-order valence-corrected chi connectivity index (χ1v) is 7.96. The number of ether oxygens (including phenoxy) is 1. The second kappa shape index (κ2) is 5.10. The van der Waals surface area contributed by atoms with E-state index in [-0.39, 0.29) is 12.2 Å². The van der Waals surface area contributed by atoms with E-state index in [1.165, 1.54) is 6.20 Å². The SMILES string of the molecule is Nc1cnc(-c2nc(N3CC4CCC(C3)O4)nc3[nH]cnc23)cn1. The summed E-state index contributed by atoms with van der Waals surface area (Å²) in [6.07, 6.45) is 7.48. The highest BCUT2D eigenvalue weighted by Crippen LogP contribution is 2.30. The van der Waals surface area contributed by atoms with E-state index in [1.807, 2.05) is 0 Å². The number of fused-ring (bicyclic) bond motifs is 3. The number of nitrogens with zero attached hydrogens (tertiary/aromatic N) is 6. The van der Waals surface area contributed by atoms with Crippen molar-refractivity contribution >= 4 is 22.9 Å². The minimum Gasteiger partial charge on any atom is -0.382 e. The molecule has 3 N–H and O–H groups in total. The Labute approximate surface area is 137 Å². The zero-order valence-electron chi connectivity index (χ0n) is 12.9. The molecular formula is C15H16N8O. The topological polar surface area (TPSA) is 119 Å². The molecule has 0 saturated carbocycles. The standard InChI is InChI=1S/C15H16N8O/c16-11-4-17-10(3-18-11)12-13-14(20-7-19-13)22-15(21-12)23-5-8-1-2-9(6-23)24-8/h3-4,7-9H,1-2,5-6H2,(H2,16,18)(H,19,20,21,22). The van der Waals surface area contributed by atoms with Gasteiger partial charge in [-0.05, 0) is 12.8 Å². The summed E-state index contributed by atoms with van der Waals surface area (Å²) in [6, 6.07) is 0. The summed E-state index contributed by atoms with van der Waals surface area (Å²) in [6.45, 7) is 1.62. The highest BCUT2D eigenvalue weighted by molar-refractivity contribution is 5.86. The maximum Gasteiger partial charge on any atom is 0.228 e. The van der Waals surface area contributed by atoms with Gasteiger partial charge >= 0.3 is 0 Å². The fourth-order valence-corrected chi connectivity index (χ4v) is 3.38. The van der Waals surface area contributed by atoms with Crippen LogP contribution >= 0.6 is 0 Å². The molecule has 3 aromatic rings. The van der Waals surface area contributed by atoms with Crippen LogP contribution in [0, 0.1) is 0 Å². The highest BCUT2D eigenvalue weighted by Gasteiger charge is 2.35. The Morgan fingerprint density at radius 3 is 2.67 bits per heavy atom. The van der Waals surface area contributed by atoms with E-state index >= 15 is 0 Å². The number of morpholine rings is 1. The fourth-order valence-electron chi connectivity index (χ4n) is 3.38. The number of nitrogens with two attached hydrogens (primary N) is 1. The lowest BCUT2D eigenvalue weighted by Crippen LogP contribution is -2.43. The van der Waals surface area contributed by atoms with E-state index in [2.05, 4.69) is 29.8 Å². The monoisotopic (exact) mass is 324 g/mol. The molecular weight excluding hydrogens is 308 g/mol. The summed E-state index contributed by atoms with van der Waals surface area (Å²) in [4.78, 5) is 27.4. The average molecular weight is 324 g/mol. The number of rotatable bonds is 2. The van der Waals surface area contributed by atoms with Gasteiger partial charge in [0, 0.05) is 13.1 Å². The normalized spacial score (nSPS) is 23.1. The summed E-state index contributed by atoms with van der Waals surface area (Å²) in [7, 11) is 0. The van der Waals surface area contributed by atoms with Crippen molar-refractivity contribution in [2.24, 2.45) is 0 Å². The quantitative estimate of drug-likeness (QED) is 0.709. The summed E-state index contributed by atoms with van der Waals surface area (Å²) in [5.74, 6) is 1.04. The molecule has 122 valence electrons. The summed E-state index contributed by atoms with van der Waals surface area (Å²) in [5, 5.41) is 0. The number of nitrogen functional groups attached to an aromatic ring is 1. The van der Waals surface area contributed by atoms with Crippen LogP contribution in [-0.2, 0) is 4.74 Å². The number of aromatic amines is 1. The molecule has 9 heteroatoms. The number of hydrogen-bond acceptors (Lipinski definition) is 8. The van der Waals surface area contributed by atoms with Crippen LogP contribution in [0.1, 0.15) is 12.8 Å². The van der Waals surface area contributed by atoms with Crippen LogP contribution < -0.4 is 10.6 Å². The van der Waals surface area contributed by atoms with Gasteiger partial charge in [-0.3, -0.25) is 0 Å². The molecule has 2 saturated heterocycles. The second-order valence-electron chi connectivity index (χ2n) is 6.16. The van der Waals surface area contributed by atoms with Crippen LogP contribution in [0.2, 0.25) is 0 Å². The Morgan fingerprint density at radius 1 is 1.08 bits per heavy atom. The van der Waals surface area contributed by atoms with Crippen molar-refractivity contribution in [2.75, 3.05) is 23.7 Å². The van der Waals surface area contributed by atoms with Gasteiger partial charge < -0.3 is 20.4 Å². The van der Waals surface area contributed by atoms with Crippen molar-refractivity contribution in [3.8, 4) is 11.4 Å². The third kappa shape index (κ3) is 2.16. The number of aromatic nitrogens is 6. The van der Waals surface area contributed by atoms with Crippen LogP contribution in [0.4, 0.5) is 11.8 Å². The highest BCUT2D eigenvalue weighted by atomic mass is 16.5. The minimum absolute atomic E-state index is 0.268. The number of imidazole rings is 1. The Kier molecular flexibility index (Phi) is 2.89. The van der Waals surface area contributed by atoms with Crippen LogP contribution in [0.5, 0.6) is 0 Å². The molecule has 2 aliphatic heterocycles. The van der Waals surface area contributed by atoms with Gasteiger partial charge in [0.2, 0.25) is 5.95 Å². The van der Waals surface area contributed by atoms with Gasteiger partial charge in [0.05, 0.1) is 30.9 Å². The molecule has 0 aromatic carbocycles. The molecule has 3 aromatic heterocycles. The summed E-state index contributed by atoms with van der Waals surface area (Å²) in [5.41, 5.74) is 8.28. The molecule has 5 rings (SSSR count). The molecule has 24 heavy (non-hydrogen) atoms. The van der Waals surface area contributed by atoms with E-state index in [9.17, 15) is 0 Å². The molecule has 0 amide bonds. The number of hydrogen-bond donors (Lipinski definition) is 2. The van der Waals surface area contributed by atoms with Crippen molar-refractivity contribution in [1.82, 2.24) is 29.9 Å². The Balaban J connectivity index is 1.61. The lowest BCUT2D eigenvalue weighted by molar-refractivity contribution is 0.0299. The van der Waals surface area contributed by atoms with Crippen molar-refractivity contribution in [3.05, 3.63) is 18.7 Å². The molecule has 0 radical (unpaired) electrons. The van der Waals surface area contributed by atoms with Crippen molar-refractivity contribution < 1.29 is 4.74 Å². The lowest BCUT2D eigenvalue weighted by atomic mass is 10.2. The van der Waals surface area contributed by atoms with E-state index < -0.39 is 0 Å². The van der Waals surface area contributed by atoms with Crippen molar-refractivity contribution in [2.45, 2.75) is 25.0 Å².